The van der Waals surface area contributed by atoms with Crippen LogP contribution < -0.4 is 21.1 Å². The van der Waals surface area contributed by atoms with E-state index < -0.39 is 23.5 Å². The predicted octanol–water partition coefficient (Wildman–Crippen LogP) is 3.76. The first kappa shape index (κ1) is 28.9. The number of nitrogens with one attached hydrogen (secondary N) is 2. The van der Waals surface area contributed by atoms with Gasteiger partial charge >= 0.3 is 6.18 Å². The highest BCUT2D eigenvalue weighted by molar-refractivity contribution is 5.87. The topological polar surface area (TPSA) is 105 Å². The summed E-state index contributed by atoms with van der Waals surface area (Å²) < 4.78 is 51.3. The van der Waals surface area contributed by atoms with Gasteiger partial charge in [-0.1, -0.05) is 12.2 Å². The van der Waals surface area contributed by atoms with Gasteiger partial charge in [0.1, 0.15) is 17.5 Å². The molecular weight excluding hydrogens is 537 g/mol. The summed E-state index contributed by atoms with van der Waals surface area (Å²) in [5.74, 6) is -0.107. The molecule has 1 amide bonds. The summed E-state index contributed by atoms with van der Waals surface area (Å²) >= 11 is 0. The first-order valence-electron chi connectivity index (χ1n) is 13.6. The molecule has 4 N–H and O–H groups in total. The number of nitrogens with two attached hydrogens (primary N) is 1. The number of carbonyl (C=O) groups excluding carboxylic acids is 1. The quantitative estimate of drug-likeness (QED) is 0.439. The van der Waals surface area contributed by atoms with Gasteiger partial charge in [0, 0.05) is 25.2 Å². The van der Waals surface area contributed by atoms with Gasteiger partial charge in [-0.15, -0.1) is 0 Å². The molecule has 0 saturated carbocycles. The summed E-state index contributed by atoms with van der Waals surface area (Å²) in [6.45, 7) is 1.91. The van der Waals surface area contributed by atoms with Crippen LogP contribution in [-0.2, 0) is 22.3 Å². The third kappa shape index (κ3) is 6.19. The fourth-order valence-electron chi connectivity index (χ4n) is 5.68. The lowest BCUT2D eigenvalue weighted by Gasteiger charge is -2.40. The van der Waals surface area contributed by atoms with Gasteiger partial charge in [-0.05, 0) is 62.3 Å². The SMILES string of the molecule is COc1ccc(Nc2ccc(CNC(=O)C3(N4C=C([C@@H]5CCCN5C)C=CC4)COC(N)C3)nc2)c(C(F)(F)F)c1. The van der Waals surface area contributed by atoms with Crippen molar-refractivity contribution >= 4 is 17.3 Å². The average molecular weight is 573 g/mol. The maximum absolute atomic E-state index is 13.7. The number of pyridine rings is 1. The summed E-state index contributed by atoms with van der Waals surface area (Å²) in [6.07, 6.45) is 5.13. The van der Waals surface area contributed by atoms with Gasteiger partial charge < -0.3 is 30.7 Å². The number of likely N-dealkylation sites (tertiary alicyclic amines) is 1. The Morgan fingerprint density at radius 3 is 2.76 bits per heavy atom. The molecule has 5 rings (SSSR count). The molecule has 2 saturated heterocycles. The standard InChI is InChI=1S/C29H35F3N6O3/c1-37-11-4-6-25(37)19-5-3-12-38(17-19)28(14-26(33)41-18-28)27(39)35-15-20-7-8-21(16-34-20)36-24-10-9-22(40-2)13-23(24)29(30,31)32/h3,5,7-10,13,16-17,25-26,36H,4,6,11-12,14-15,18,33H2,1-2H3,(H,35,39)/t25-,26?,28?/m0/s1. The number of nitrogens with zero attached hydrogens (tertiary/aromatic N) is 3. The molecule has 220 valence electrons. The highest BCUT2D eigenvalue weighted by Crippen LogP contribution is 2.38. The number of hydrogen-bond acceptors (Lipinski definition) is 8. The fourth-order valence-corrected chi connectivity index (χ4v) is 5.68. The molecule has 2 unspecified atom stereocenters. The molecule has 2 aromatic rings. The van der Waals surface area contributed by atoms with E-state index in [1.54, 1.807) is 12.1 Å². The number of amides is 1. The van der Waals surface area contributed by atoms with Crippen LogP contribution in [0.15, 0.2) is 60.5 Å². The lowest BCUT2D eigenvalue weighted by Crippen LogP contribution is -2.58. The Kier molecular flexibility index (Phi) is 8.25. The Balaban J connectivity index is 1.27. The molecule has 0 bridgehead atoms. The van der Waals surface area contributed by atoms with Crippen LogP contribution in [0, 0.1) is 0 Å². The second-order valence-electron chi connectivity index (χ2n) is 10.7. The van der Waals surface area contributed by atoms with Crippen LogP contribution in [0.5, 0.6) is 5.75 Å². The second kappa shape index (κ2) is 11.7. The van der Waals surface area contributed by atoms with Gasteiger partial charge in [0.05, 0.1) is 49.1 Å². The molecule has 0 spiro atoms. The van der Waals surface area contributed by atoms with Crippen molar-refractivity contribution in [2.24, 2.45) is 5.73 Å². The van der Waals surface area contributed by atoms with Crippen molar-refractivity contribution in [2.45, 2.75) is 49.8 Å². The molecule has 41 heavy (non-hydrogen) atoms. The van der Waals surface area contributed by atoms with Crippen molar-refractivity contribution < 1.29 is 27.4 Å². The molecule has 3 atom stereocenters. The molecule has 1 aromatic carbocycles. The highest BCUT2D eigenvalue weighted by Gasteiger charge is 2.49. The monoisotopic (exact) mass is 572 g/mol. The molecule has 1 aromatic heterocycles. The predicted molar refractivity (Wildman–Crippen MR) is 148 cm³/mol. The number of anilines is 2. The molecule has 9 nitrogen and oxygen atoms in total. The van der Waals surface area contributed by atoms with E-state index in [0.717, 1.165) is 25.5 Å². The lowest BCUT2D eigenvalue weighted by molar-refractivity contribution is -0.137. The first-order chi connectivity index (χ1) is 19.6. The normalized spacial score (nSPS) is 24.8. The Morgan fingerprint density at radius 1 is 1.29 bits per heavy atom. The van der Waals surface area contributed by atoms with Gasteiger partial charge in [0.25, 0.3) is 0 Å². The number of likely N-dealkylation sites (N-methyl/N-ethyl adjacent to an activating group) is 1. The zero-order valence-electron chi connectivity index (χ0n) is 23.1. The maximum atomic E-state index is 13.7. The van der Waals surface area contributed by atoms with E-state index in [2.05, 4.69) is 45.9 Å². The molecular formula is C29H35F3N6O3. The van der Waals surface area contributed by atoms with E-state index in [1.165, 1.54) is 31.0 Å². The largest absolute Gasteiger partial charge is 0.497 e. The first-order valence-corrected chi connectivity index (χ1v) is 13.6. The minimum Gasteiger partial charge on any atom is -0.497 e. The van der Waals surface area contributed by atoms with Gasteiger partial charge in [-0.3, -0.25) is 14.7 Å². The van der Waals surface area contributed by atoms with Crippen molar-refractivity contribution in [3.8, 4) is 5.75 Å². The van der Waals surface area contributed by atoms with Gasteiger partial charge in [0.2, 0.25) is 5.91 Å². The van der Waals surface area contributed by atoms with Crippen LogP contribution in [0.25, 0.3) is 0 Å². The molecule has 3 aliphatic heterocycles. The van der Waals surface area contributed by atoms with Crippen molar-refractivity contribution in [3.05, 3.63) is 71.7 Å². The zero-order chi connectivity index (χ0) is 29.2. The summed E-state index contributed by atoms with van der Waals surface area (Å²) in [6, 6.07) is 7.28. The number of alkyl halides is 3. The zero-order valence-corrected chi connectivity index (χ0v) is 23.1. The molecule has 3 aliphatic rings. The van der Waals surface area contributed by atoms with Crippen LogP contribution in [0.1, 0.15) is 30.5 Å². The van der Waals surface area contributed by atoms with E-state index in [4.69, 9.17) is 15.2 Å². The van der Waals surface area contributed by atoms with Crippen LogP contribution in [0.3, 0.4) is 0 Å². The van der Waals surface area contributed by atoms with Crippen LogP contribution in [0.2, 0.25) is 0 Å². The van der Waals surface area contributed by atoms with Crippen molar-refractivity contribution in [1.29, 1.82) is 0 Å². The molecule has 4 heterocycles. The van der Waals surface area contributed by atoms with Gasteiger partial charge in [0.15, 0.2) is 0 Å². The van der Waals surface area contributed by atoms with Crippen molar-refractivity contribution in [3.63, 3.8) is 0 Å². The number of benzene rings is 1. The summed E-state index contributed by atoms with van der Waals surface area (Å²) in [4.78, 5) is 22.4. The van der Waals surface area contributed by atoms with E-state index >= 15 is 0 Å². The number of hydrogen-bond donors (Lipinski definition) is 3. The Hall–Kier alpha value is -3.61. The minimum absolute atomic E-state index is 0.108. The van der Waals surface area contributed by atoms with Gasteiger partial charge in [-0.2, -0.15) is 13.2 Å². The Bertz CT molecular complexity index is 1320. The molecule has 2 fully saturated rings. The Morgan fingerprint density at radius 2 is 2.12 bits per heavy atom. The average Bonchev–Trinajstić information content (AvgIpc) is 3.58. The molecule has 0 radical (unpaired) electrons. The summed E-state index contributed by atoms with van der Waals surface area (Å²) in [5, 5.41) is 5.75. The van der Waals surface area contributed by atoms with Crippen LogP contribution in [0.4, 0.5) is 24.5 Å². The number of rotatable bonds is 8. The smallest absolute Gasteiger partial charge is 0.418 e. The lowest BCUT2D eigenvalue weighted by atomic mass is 9.91. The van der Waals surface area contributed by atoms with E-state index in [-0.39, 0.29) is 30.5 Å². The number of ether oxygens (including phenoxy) is 2. The van der Waals surface area contributed by atoms with E-state index in [9.17, 15) is 18.0 Å². The van der Waals surface area contributed by atoms with Crippen molar-refractivity contribution in [2.75, 3.05) is 39.2 Å². The number of carbonyl (C=O) groups is 1. The van der Waals surface area contributed by atoms with E-state index in [0.29, 0.717) is 30.4 Å². The summed E-state index contributed by atoms with van der Waals surface area (Å²) in [5.41, 5.74) is 6.26. The fraction of sp³-hybridized carbons (Fsp3) is 0.448. The number of aromatic nitrogens is 1. The second-order valence-corrected chi connectivity index (χ2v) is 10.7. The van der Waals surface area contributed by atoms with Crippen LogP contribution >= 0.6 is 0 Å². The number of halogens is 3. The number of methoxy groups -OCH3 is 1. The Labute approximate surface area is 237 Å². The third-order valence-electron chi connectivity index (χ3n) is 7.94. The van der Waals surface area contributed by atoms with Gasteiger partial charge in [-0.25, -0.2) is 0 Å². The summed E-state index contributed by atoms with van der Waals surface area (Å²) in [7, 11) is 3.43. The van der Waals surface area contributed by atoms with Crippen molar-refractivity contribution in [1.82, 2.24) is 20.1 Å². The maximum Gasteiger partial charge on any atom is 0.418 e. The minimum atomic E-state index is -4.57. The van der Waals surface area contributed by atoms with Crippen LogP contribution in [-0.4, -0.2) is 72.4 Å². The third-order valence-corrected chi connectivity index (χ3v) is 7.94. The molecule has 0 aliphatic carbocycles. The van der Waals surface area contributed by atoms with E-state index in [1.807, 2.05) is 4.90 Å². The molecule has 12 heteroatoms. The highest BCUT2D eigenvalue weighted by atomic mass is 19.4.